The van der Waals surface area contributed by atoms with Crippen molar-refractivity contribution in [1.82, 2.24) is 10.2 Å². The molecule has 0 spiro atoms. The molecule has 1 atom stereocenters. The van der Waals surface area contributed by atoms with E-state index >= 15 is 0 Å². The zero-order chi connectivity index (χ0) is 13.0. The summed E-state index contributed by atoms with van der Waals surface area (Å²) in [6, 6.07) is 7.56. The SMILES string of the molecule is C[C@@H]1CN(C(=O)CCc2ccccc2O)CCN1.Cl. The fourth-order valence-electron chi connectivity index (χ4n) is 2.28. The van der Waals surface area contributed by atoms with Crippen molar-refractivity contribution in [3.8, 4) is 5.75 Å². The Labute approximate surface area is 120 Å². The Morgan fingerprint density at radius 2 is 2.21 bits per heavy atom. The van der Waals surface area contributed by atoms with Crippen LogP contribution in [0.15, 0.2) is 24.3 Å². The minimum atomic E-state index is 0. The minimum Gasteiger partial charge on any atom is -0.508 e. The number of hydrogen-bond donors (Lipinski definition) is 2. The van der Waals surface area contributed by atoms with Crippen molar-refractivity contribution in [1.29, 1.82) is 0 Å². The zero-order valence-electron chi connectivity index (χ0n) is 11.1. The van der Waals surface area contributed by atoms with Crippen LogP contribution >= 0.6 is 12.4 Å². The number of benzene rings is 1. The van der Waals surface area contributed by atoms with Crippen molar-refractivity contribution < 1.29 is 9.90 Å². The molecule has 1 aromatic carbocycles. The number of para-hydroxylation sites is 1. The van der Waals surface area contributed by atoms with Crippen LogP contribution in [0.1, 0.15) is 18.9 Å². The van der Waals surface area contributed by atoms with E-state index in [1.165, 1.54) is 0 Å². The quantitative estimate of drug-likeness (QED) is 0.886. The summed E-state index contributed by atoms with van der Waals surface area (Å²) in [5, 5.41) is 13.0. The van der Waals surface area contributed by atoms with Gasteiger partial charge in [-0.05, 0) is 25.0 Å². The van der Waals surface area contributed by atoms with Crippen molar-refractivity contribution in [2.24, 2.45) is 0 Å². The highest BCUT2D eigenvalue weighted by molar-refractivity contribution is 5.85. The van der Waals surface area contributed by atoms with Crippen LogP contribution in [0.4, 0.5) is 0 Å². The van der Waals surface area contributed by atoms with E-state index in [0.717, 1.165) is 25.2 Å². The first-order chi connectivity index (χ1) is 8.66. The number of amides is 1. The number of nitrogens with one attached hydrogen (secondary N) is 1. The highest BCUT2D eigenvalue weighted by Gasteiger charge is 2.20. The molecule has 4 nitrogen and oxygen atoms in total. The van der Waals surface area contributed by atoms with E-state index in [4.69, 9.17) is 0 Å². The first kappa shape index (κ1) is 15.8. The number of nitrogens with zero attached hydrogens (tertiary/aromatic N) is 1. The van der Waals surface area contributed by atoms with E-state index in [2.05, 4.69) is 12.2 Å². The maximum absolute atomic E-state index is 12.0. The largest absolute Gasteiger partial charge is 0.508 e. The molecule has 1 heterocycles. The van der Waals surface area contributed by atoms with Gasteiger partial charge < -0.3 is 15.3 Å². The van der Waals surface area contributed by atoms with Crippen LogP contribution in [0.3, 0.4) is 0 Å². The molecule has 0 bridgehead atoms. The van der Waals surface area contributed by atoms with Crippen LogP contribution in [0.25, 0.3) is 0 Å². The van der Waals surface area contributed by atoms with E-state index < -0.39 is 0 Å². The number of rotatable bonds is 3. The molecule has 106 valence electrons. The van der Waals surface area contributed by atoms with E-state index in [1.807, 2.05) is 17.0 Å². The molecule has 1 amide bonds. The average molecular weight is 285 g/mol. The monoisotopic (exact) mass is 284 g/mol. The first-order valence-corrected chi connectivity index (χ1v) is 6.45. The number of carbonyl (C=O) groups excluding carboxylic acids is 1. The van der Waals surface area contributed by atoms with Gasteiger partial charge in [0, 0.05) is 32.1 Å². The smallest absolute Gasteiger partial charge is 0.223 e. The predicted octanol–water partition coefficient (Wildman–Crippen LogP) is 1.57. The van der Waals surface area contributed by atoms with Crippen LogP contribution in [0.2, 0.25) is 0 Å². The molecule has 1 aliphatic rings. The maximum Gasteiger partial charge on any atom is 0.223 e. The standard InChI is InChI=1S/C14H20N2O2.ClH/c1-11-10-16(9-8-15-11)14(18)7-6-12-4-2-3-5-13(12)17;/h2-5,11,15,17H,6-10H2,1H3;1H/t11-;/m1./s1. The van der Waals surface area contributed by atoms with Crippen LogP contribution in [0, 0.1) is 0 Å². The molecule has 1 saturated heterocycles. The van der Waals surface area contributed by atoms with Gasteiger partial charge >= 0.3 is 0 Å². The van der Waals surface area contributed by atoms with Gasteiger partial charge in [0.25, 0.3) is 0 Å². The van der Waals surface area contributed by atoms with E-state index in [9.17, 15) is 9.90 Å². The Bertz CT molecular complexity index is 426. The molecule has 2 N–H and O–H groups in total. The van der Waals surface area contributed by atoms with Crippen LogP contribution in [-0.2, 0) is 11.2 Å². The Balaban J connectivity index is 0.00000180. The summed E-state index contributed by atoms with van der Waals surface area (Å²) in [5.74, 6) is 0.450. The minimum absolute atomic E-state index is 0. The zero-order valence-corrected chi connectivity index (χ0v) is 11.9. The van der Waals surface area contributed by atoms with Gasteiger partial charge in [0.1, 0.15) is 5.75 Å². The Kier molecular flexibility index (Phi) is 6.12. The van der Waals surface area contributed by atoms with Crippen LogP contribution < -0.4 is 5.32 Å². The topological polar surface area (TPSA) is 52.6 Å². The van der Waals surface area contributed by atoms with Gasteiger partial charge in [0.15, 0.2) is 0 Å². The summed E-state index contributed by atoms with van der Waals surface area (Å²) in [5.41, 5.74) is 0.842. The molecule has 0 radical (unpaired) electrons. The number of halogens is 1. The van der Waals surface area contributed by atoms with Crippen molar-refractivity contribution in [3.63, 3.8) is 0 Å². The third-order valence-electron chi connectivity index (χ3n) is 3.32. The predicted molar refractivity (Wildman–Crippen MR) is 77.7 cm³/mol. The Morgan fingerprint density at radius 1 is 1.47 bits per heavy atom. The van der Waals surface area contributed by atoms with Crippen molar-refractivity contribution in [2.45, 2.75) is 25.8 Å². The van der Waals surface area contributed by atoms with Crippen molar-refractivity contribution in [2.75, 3.05) is 19.6 Å². The van der Waals surface area contributed by atoms with Gasteiger partial charge in [-0.1, -0.05) is 18.2 Å². The summed E-state index contributed by atoms with van der Waals surface area (Å²) < 4.78 is 0. The van der Waals surface area contributed by atoms with Gasteiger partial charge in [0.2, 0.25) is 5.91 Å². The van der Waals surface area contributed by atoms with E-state index in [-0.39, 0.29) is 24.1 Å². The highest BCUT2D eigenvalue weighted by atomic mass is 35.5. The molecule has 0 saturated carbocycles. The highest BCUT2D eigenvalue weighted by Crippen LogP contribution is 2.17. The molecular formula is C14H21ClN2O2. The lowest BCUT2D eigenvalue weighted by Crippen LogP contribution is -2.51. The summed E-state index contributed by atoms with van der Waals surface area (Å²) in [7, 11) is 0. The molecule has 1 aliphatic heterocycles. The molecule has 1 aromatic rings. The molecule has 0 aromatic heterocycles. The second-order valence-corrected chi connectivity index (χ2v) is 4.82. The number of phenols is 1. The molecule has 0 aliphatic carbocycles. The lowest BCUT2D eigenvalue weighted by molar-refractivity contribution is -0.132. The number of piperazine rings is 1. The van der Waals surface area contributed by atoms with E-state index in [0.29, 0.717) is 18.9 Å². The third kappa shape index (κ3) is 4.40. The number of hydrogen-bond acceptors (Lipinski definition) is 3. The molecule has 2 rings (SSSR count). The van der Waals surface area contributed by atoms with Gasteiger partial charge in [0.05, 0.1) is 0 Å². The van der Waals surface area contributed by atoms with Crippen LogP contribution in [0.5, 0.6) is 5.75 Å². The summed E-state index contributed by atoms with van der Waals surface area (Å²) in [6.07, 6.45) is 1.06. The van der Waals surface area contributed by atoms with Gasteiger partial charge in [-0.2, -0.15) is 0 Å². The number of carbonyl (C=O) groups is 1. The fraction of sp³-hybridized carbons (Fsp3) is 0.500. The number of phenolic OH excluding ortho intramolecular Hbond substituents is 1. The van der Waals surface area contributed by atoms with Crippen LogP contribution in [-0.4, -0.2) is 41.6 Å². The normalized spacial score (nSPS) is 18.8. The van der Waals surface area contributed by atoms with Crippen molar-refractivity contribution >= 4 is 18.3 Å². The molecule has 0 unspecified atom stereocenters. The maximum atomic E-state index is 12.0. The lowest BCUT2D eigenvalue weighted by atomic mass is 10.1. The summed E-state index contributed by atoms with van der Waals surface area (Å²) >= 11 is 0. The van der Waals surface area contributed by atoms with Gasteiger partial charge in [-0.15, -0.1) is 12.4 Å². The second-order valence-electron chi connectivity index (χ2n) is 4.82. The number of aryl methyl sites for hydroxylation is 1. The molecule has 5 heteroatoms. The van der Waals surface area contributed by atoms with E-state index in [1.54, 1.807) is 12.1 Å². The van der Waals surface area contributed by atoms with Gasteiger partial charge in [-0.25, -0.2) is 0 Å². The third-order valence-corrected chi connectivity index (χ3v) is 3.32. The average Bonchev–Trinajstić information content (AvgIpc) is 2.37. The molecular weight excluding hydrogens is 264 g/mol. The Morgan fingerprint density at radius 3 is 2.89 bits per heavy atom. The lowest BCUT2D eigenvalue weighted by Gasteiger charge is -2.32. The first-order valence-electron chi connectivity index (χ1n) is 6.45. The number of aromatic hydroxyl groups is 1. The Hall–Kier alpha value is -1.26. The fourth-order valence-corrected chi connectivity index (χ4v) is 2.28. The summed E-state index contributed by atoms with van der Waals surface area (Å²) in [4.78, 5) is 13.9. The van der Waals surface area contributed by atoms with Gasteiger partial charge in [-0.3, -0.25) is 4.79 Å². The summed E-state index contributed by atoms with van der Waals surface area (Å²) in [6.45, 7) is 4.51. The molecule has 19 heavy (non-hydrogen) atoms. The van der Waals surface area contributed by atoms with Crippen molar-refractivity contribution in [3.05, 3.63) is 29.8 Å². The second kappa shape index (κ2) is 7.36. The molecule has 1 fully saturated rings.